The number of anilines is 1. The first-order valence-electron chi connectivity index (χ1n) is 10.9. The number of halogens is 2. The van der Waals surface area contributed by atoms with E-state index in [0.29, 0.717) is 35.7 Å². The Bertz CT molecular complexity index is 1360. The lowest BCUT2D eigenvalue weighted by atomic mass is 9.87. The van der Waals surface area contributed by atoms with Gasteiger partial charge in [0.1, 0.15) is 11.3 Å². The molecule has 2 aliphatic rings. The SMILES string of the molecule is COc1cccc2c1nc(N)n1nc(CNC3CCc4c(nnn4C4CC(F)(F)C4)C3)nc21. The van der Waals surface area contributed by atoms with Crippen molar-refractivity contribution in [3.63, 3.8) is 0 Å². The zero-order valence-corrected chi connectivity index (χ0v) is 18.0. The van der Waals surface area contributed by atoms with Gasteiger partial charge in [-0.25, -0.2) is 23.4 Å². The molecule has 1 fully saturated rings. The number of aromatic nitrogens is 7. The summed E-state index contributed by atoms with van der Waals surface area (Å²) in [5, 5.41) is 17.2. The lowest BCUT2D eigenvalue weighted by Crippen LogP contribution is -2.39. The Morgan fingerprint density at radius 1 is 1.27 bits per heavy atom. The highest BCUT2D eigenvalue weighted by Crippen LogP contribution is 2.46. The molecule has 3 N–H and O–H groups in total. The fourth-order valence-corrected chi connectivity index (χ4v) is 4.82. The van der Waals surface area contributed by atoms with Crippen molar-refractivity contribution in [1.29, 1.82) is 0 Å². The van der Waals surface area contributed by atoms with Gasteiger partial charge in [-0.3, -0.25) is 0 Å². The Labute approximate surface area is 187 Å². The fourth-order valence-electron chi connectivity index (χ4n) is 4.82. The molecule has 33 heavy (non-hydrogen) atoms. The third-order valence-corrected chi connectivity index (χ3v) is 6.56. The van der Waals surface area contributed by atoms with Crippen molar-refractivity contribution in [2.24, 2.45) is 0 Å². The van der Waals surface area contributed by atoms with E-state index in [-0.39, 0.29) is 30.9 Å². The number of benzene rings is 1. The summed E-state index contributed by atoms with van der Waals surface area (Å²) in [4.78, 5) is 9.10. The van der Waals surface area contributed by atoms with Gasteiger partial charge in [0.05, 0.1) is 31.1 Å². The molecule has 1 unspecified atom stereocenters. The number of para-hydroxylation sites is 1. The Hall–Kier alpha value is -3.41. The molecule has 4 aromatic rings. The Kier molecular flexibility index (Phi) is 4.47. The van der Waals surface area contributed by atoms with Crippen molar-refractivity contribution in [3.05, 3.63) is 35.4 Å². The van der Waals surface area contributed by atoms with Gasteiger partial charge in [-0.2, -0.15) is 4.52 Å². The molecule has 0 saturated heterocycles. The highest BCUT2D eigenvalue weighted by Gasteiger charge is 2.47. The van der Waals surface area contributed by atoms with E-state index in [0.717, 1.165) is 29.6 Å². The second-order valence-electron chi connectivity index (χ2n) is 8.76. The molecule has 3 aromatic heterocycles. The molecular formula is C21H23F2N9O. The normalized spacial score (nSPS) is 20.2. The van der Waals surface area contributed by atoms with E-state index in [1.807, 2.05) is 18.2 Å². The molecule has 0 radical (unpaired) electrons. The molecule has 12 heteroatoms. The van der Waals surface area contributed by atoms with Gasteiger partial charge in [0, 0.05) is 30.7 Å². The molecule has 0 spiro atoms. The highest BCUT2D eigenvalue weighted by atomic mass is 19.3. The number of hydrogen-bond donors (Lipinski definition) is 2. The number of ether oxygens (including phenoxy) is 1. The molecule has 172 valence electrons. The van der Waals surface area contributed by atoms with Gasteiger partial charge in [-0.15, -0.1) is 10.2 Å². The van der Waals surface area contributed by atoms with Crippen LogP contribution in [0.3, 0.4) is 0 Å². The van der Waals surface area contributed by atoms with E-state index < -0.39 is 5.92 Å². The number of fused-ring (bicyclic) bond motifs is 4. The lowest BCUT2D eigenvalue weighted by molar-refractivity contribution is -0.107. The molecule has 1 aromatic carbocycles. The molecule has 6 rings (SSSR count). The van der Waals surface area contributed by atoms with Crippen molar-refractivity contribution in [1.82, 2.24) is 39.9 Å². The first-order valence-corrected chi connectivity index (χ1v) is 10.9. The predicted octanol–water partition coefficient (Wildman–Crippen LogP) is 2.08. The Morgan fingerprint density at radius 2 is 2.12 bits per heavy atom. The van der Waals surface area contributed by atoms with Crippen molar-refractivity contribution in [2.45, 2.75) is 56.7 Å². The van der Waals surface area contributed by atoms with Crippen LogP contribution in [0.1, 0.15) is 42.5 Å². The van der Waals surface area contributed by atoms with Crippen LogP contribution in [0, 0.1) is 0 Å². The molecule has 1 saturated carbocycles. The smallest absolute Gasteiger partial charge is 0.252 e. The molecule has 0 bridgehead atoms. The first-order chi connectivity index (χ1) is 15.9. The molecule has 3 heterocycles. The van der Waals surface area contributed by atoms with Gasteiger partial charge in [-0.1, -0.05) is 11.3 Å². The average molecular weight is 455 g/mol. The number of alkyl halides is 2. The number of methoxy groups -OCH3 is 1. The maximum Gasteiger partial charge on any atom is 0.252 e. The molecule has 0 amide bonds. The minimum atomic E-state index is -2.57. The van der Waals surface area contributed by atoms with Crippen LogP contribution in [0.15, 0.2) is 18.2 Å². The van der Waals surface area contributed by atoms with Gasteiger partial charge in [0.25, 0.3) is 5.92 Å². The topological polar surface area (TPSA) is 121 Å². The number of nitrogen functional groups attached to an aromatic ring is 1. The van der Waals surface area contributed by atoms with Gasteiger partial charge < -0.3 is 15.8 Å². The maximum absolute atomic E-state index is 13.3. The zero-order chi connectivity index (χ0) is 22.7. The van der Waals surface area contributed by atoms with Crippen LogP contribution in [0.2, 0.25) is 0 Å². The molecular weight excluding hydrogens is 432 g/mol. The Balaban J connectivity index is 1.18. The van der Waals surface area contributed by atoms with Crippen molar-refractivity contribution >= 4 is 22.5 Å². The van der Waals surface area contributed by atoms with Crippen LogP contribution in [0.5, 0.6) is 5.75 Å². The number of hydrogen-bond acceptors (Lipinski definition) is 8. The number of nitrogens with one attached hydrogen (secondary N) is 1. The lowest BCUT2D eigenvalue weighted by Gasteiger charge is -2.36. The minimum Gasteiger partial charge on any atom is -0.494 e. The highest BCUT2D eigenvalue weighted by molar-refractivity contribution is 5.95. The fraction of sp³-hybridized carbons (Fsp3) is 0.476. The van der Waals surface area contributed by atoms with Crippen molar-refractivity contribution in [3.8, 4) is 5.75 Å². The summed E-state index contributed by atoms with van der Waals surface area (Å²) < 4.78 is 35.2. The van der Waals surface area contributed by atoms with E-state index in [4.69, 9.17) is 10.5 Å². The minimum absolute atomic E-state index is 0.150. The van der Waals surface area contributed by atoms with Crippen LogP contribution in [0.25, 0.3) is 16.6 Å². The third-order valence-electron chi connectivity index (χ3n) is 6.56. The van der Waals surface area contributed by atoms with Crippen LogP contribution in [-0.4, -0.2) is 53.7 Å². The summed E-state index contributed by atoms with van der Waals surface area (Å²) in [7, 11) is 1.59. The quantitative estimate of drug-likeness (QED) is 0.469. The summed E-state index contributed by atoms with van der Waals surface area (Å²) in [6.07, 6.45) is 2.00. The number of rotatable bonds is 5. The summed E-state index contributed by atoms with van der Waals surface area (Å²) in [5.74, 6) is -1.11. The van der Waals surface area contributed by atoms with E-state index >= 15 is 0 Å². The maximum atomic E-state index is 13.3. The Morgan fingerprint density at radius 3 is 2.91 bits per heavy atom. The first kappa shape index (κ1) is 20.2. The van der Waals surface area contributed by atoms with E-state index in [2.05, 4.69) is 30.7 Å². The predicted molar refractivity (Wildman–Crippen MR) is 115 cm³/mol. The van der Waals surface area contributed by atoms with Crippen LogP contribution in [0.4, 0.5) is 14.7 Å². The molecule has 1 atom stereocenters. The summed E-state index contributed by atoms with van der Waals surface area (Å²) in [5.41, 5.74) is 9.25. The van der Waals surface area contributed by atoms with Crippen LogP contribution < -0.4 is 15.8 Å². The molecule has 2 aliphatic carbocycles. The second-order valence-corrected chi connectivity index (χ2v) is 8.76. The second kappa shape index (κ2) is 7.30. The van der Waals surface area contributed by atoms with Crippen LogP contribution in [-0.2, 0) is 19.4 Å². The summed E-state index contributed by atoms with van der Waals surface area (Å²) >= 11 is 0. The standard InChI is InChI=1S/C21H23F2N9O/c1-33-16-4-2-3-13-18(16)27-20(24)32-19(13)26-17(29-32)10-25-11-5-6-15-14(7-11)28-30-31(15)12-8-21(22,23)9-12/h2-4,11-12,25H,5-10H2,1H3,(H2,24,27). The van der Waals surface area contributed by atoms with Crippen molar-refractivity contribution in [2.75, 3.05) is 12.8 Å². The zero-order valence-electron chi connectivity index (χ0n) is 18.0. The van der Waals surface area contributed by atoms with E-state index in [1.165, 1.54) is 4.52 Å². The monoisotopic (exact) mass is 455 g/mol. The molecule has 10 nitrogen and oxygen atoms in total. The number of nitrogens with zero attached hydrogens (tertiary/aromatic N) is 7. The van der Waals surface area contributed by atoms with Gasteiger partial charge >= 0.3 is 0 Å². The third kappa shape index (κ3) is 3.36. The summed E-state index contributed by atoms with van der Waals surface area (Å²) in [6, 6.07) is 5.55. The van der Waals surface area contributed by atoms with E-state index in [1.54, 1.807) is 11.8 Å². The van der Waals surface area contributed by atoms with Gasteiger partial charge in [0.15, 0.2) is 11.5 Å². The number of nitrogens with two attached hydrogens (primary N) is 1. The van der Waals surface area contributed by atoms with Gasteiger partial charge in [0.2, 0.25) is 5.95 Å². The largest absolute Gasteiger partial charge is 0.494 e. The average Bonchev–Trinajstić information content (AvgIpc) is 3.40. The van der Waals surface area contributed by atoms with Crippen molar-refractivity contribution < 1.29 is 13.5 Å². The van der Waals surface area contributed by atoms with Gasteiger partial charge in [-0.05, 0) is 25.0 Å². The summed E-state index contributed by atoms with van der Waals surface area (Å²) in [6.45, 7) is 0.454. The molecule has 0 aliphatic heterocycles. The van der Waals surface area contributed by atoms with E-state index in [9.17, 15) is 8.78 Å². The van der Waals surface area contributed by atoms with Crippen LogP contribution >= 0.6 is 0 Å².